The summed E-state index contributed by atoms with van der Waals surface area (Å²) in [6.45, 7) is 3.21. The molecule has 0 aliphatic carbocycles. The van der Waals surface area contributed by atoms with Crippen LogP contribution in [0, 0.1) is 0 Å². The SMILES string of the molecule is CN(Cc1ccc(O)cc1)CC1CCCN1. The standard InChI is InChI=1S/C13H20N2O/c1-15(10-12-3-2-8-14-12)9-11-4-6-13(16)7-5-11/h4-7,12,14,16H,2-3,8-10H2,1H3. The molecule has 2 rings (SSSR count). The Morgan fingerprint density at radius 1 is 1.38 bits per heavy atom. The molecule has 0 bridgehead atoms. The summed E-state index contributed by atoms with van der Waals surface area (Å²) in [4.78, 5) is 2.33. The van der Waals surface area contributed by atoms with Crippen LogP contribution in [0.4, 0.5) is 0 Å². The van der Waals surface area contributed by atoms with Gasteiger partial charge in [0.25, 0.3) is 0 Å². The van der Waals surface area contributed by atoms with Gasteiger partial charge in [-0.15, -0.1) is 0 Å². The molecule has 16 heavy (non-hydrogen) atoms. The van der Waals surface area contributed by atoms with E-state index in [1.165, 1.54) is 18.4 Å². The quantitative estimate of drug-likeness (QED) is 0.808. The fraction of sp³-hybridized carbons (Fsp3) is 0.538. The molecular weight excluding hydrogens is 200 g/mol. The van der Waals surface area contributed by atoms with Gasteiger partial charge >= 0.3 is 0 Å². The summed E-state index contributed by atoms with van der Waals surface area (Å²) in [5.74, 6) is 0.337. The summed E-state index contributed by atoms with van der Waals surface area (Å²) in [6.07, 6.45) is 2.59. The molecule has 1 heterocycles. The van der Waals surface area contributed by atoms with Gasteiger partial charge in [0.05, 0.1) is 0 Å². The van der Waals surface area contributed by atoms with E-state index < -0.39 is 0 Å². The van der Waals surface area contributed by atoms with Crippen LogP contribution in [-0.4, -0.2) is 36.2 Å². The van der Waals surface area contributed by atoms with Crippen molar-refractivity contribution in [3.05, 3.63) is 29.8 Å². The van der Waals surface area contributed by atoms with Gasteiger partial charge in [-0.2, -0.15) is 0 Å². The van der Waals surface area contributed by atoms with E-state index in [-0.39, 0.29) is 0 Å². The Morgan fingerprint density at radius 3 is 2.75 bits per heavy atom. The Morgan fingerprint density at radius 2 is 2.12 bits per heavy atom. The van der Waals surface area contributed by atoms with Crippen LogP contribution in [0.1, 0.15) is 18.4 Å². The topological polar surface area (TPSA) is 35.5 Å². The lowest BCUT2D eigenvalue weighted by Crippen LogP contribution is -2.34. The molecule has 0 amide bonds. The molecule has 1 saturated heterocycles. The van der Waals surface area contributed by atoms with E-state index >= 15 is 0 Å². The van der Waals surface area contributed by atoms with Crippen molar-refractivity contribution in [2.45, 2.75) is 25.4 Å². The Balaban J connectivity index is 1.81. The first kappa shape index (κ1) is 11.4. The van der Waals surface area contributed by atoms with E-state index in [9.17, 15) is 5.11 Å². The van der Waals surface area contributed by atoms with E-state index in [1.807, 2.05) is 12.1 Å². The molecule has 0 spiro atoms. The van der Waals surface area contributed by atoms with Crippen LogP contribution in [0.15, 0.2) is 24.3 Å². The molecule has 1 aliphatic rings. The maximum absolute atomic E-state index is 9.20. The number of benzene rings is 1. The Labute approximate surface area is 97.1 Å². The second kappa shape index (κ2) is 5.32. The van der Waals surface area contributed by atoms with Gasteiger partial charge in [0.1, 0.15) is 5.75 Å². The van der Waals surface area contributed by atoms with E-state index in [4.69, 9.17) is 0 Å². The monoisotopic (exact) mass is 220 g/mol. The van der Waals surface area contributed by atoms with Gasteiger partial charge in [-0.3, -0.25) is 0 Å². The van der Waals surface area contributed by atoms with Crippen LogP contribution >= 0.6 is 0 Å². The fourth-order valence-electron chi connectivity index (χ4n) is 2.27. The second-order valence-corrected chi connectivity index (χ2v) is 4.66. The van der Waals surface area contributed by atoms with Gasteiger partial charge < -0.3 is 15.3 Å². The van der Waals surface area contributed by atoms with Crippen molar-refractivity contribution in [1.29, 1.82) is 0 Å². The second-order valence-electron chi connectivity index (χ2n) is 4.66. The van der Waals surface area contributed by atoms with E-state index in [0.29, 0.717) is 11.8 Å². The first-order chi connectivity index (χ1) is 7.74. The highest BCUT2D eigenvalue weighted by Crippen LogP contribution is 2.12. The third kappa shape index (κ3) is 3.22. The number of phenolic OH excluding ortho intramolecular Hbond substituents is 1. The van der Waals surface area contributed by atoms with Crippen LogP contribution < -0.4 is 5.32 Å². The molecule has 88 valence electrons. The summed E-state index contributed by atoms with van der Waals surface area (Å²) in [7, 11) is 2.15. The van der Waals surface area contributed by atoms with Crippen molar-refractivity contribution in [2.24, 2.45) is 0 Å². The van der Waals surface area contributed by atoms with Crippen molar-refractivity contribution >= 4 is 0 Å². The molecule has 1 fully saturated rings. The molecular formula is C13H20N2O. The van der Waals surface area contributed by atoms with Crippen molar-refractivity contribution in [3.8, 4) is 5.75 Å². The maximum atomic E-state index is 9.20. The number of likely N-dealkylation sites (N-methyl/N-ethyl adjacent to an activating group) is 1. The molecule has 1 unspecified atom stereocenters. The van der Waals surface area contributed by atoms with Gasteiger partial charge in [-0.1, -0.05) is 12.1 Å². The molecule has 1 aromatic carbocycles. The summed E-state index contributed by atoms with van der Waals surface area (Å²) < 4.78 is 0. The number of nitrogens with zero attached hydrogens (tertiary/aromatic N) is 1. The highest BCUT2D eigenvalue weighted by molar-refractivity contribution is 5.25. The first-order valence-corrected chi connectivity index (χ1v) is 5.94. The van der Waals surface area contributed by atoms with E-state index in [2.05, 4.69) is 17.3 Å². The number of hydrogen-bond donors (Lipinski definition) is 2. The van der Waals surface area contributed by atoms with Crippen LogP contribution in [0.25, 0.3) is 0 Å². The van der Waals surface area contributed by atoms with Crippen molar-refractivity contribution in [1.82, 2.24) is 10.2 Å². The minimum atomic E-state index is 0.337. The van der Waals surface area contributed by atoms with Gasteiger partial charge in [0, 0.05) is 19.1 Å². The predicted octanol–water partition coefficient (Wildman–Crippen LogP) is 1.58. The largest absolute Gasteiger partial charge is 0.508 e. The van der Waals surface area contributed by atoms with Crippen molar-refractivity contribution < 1.29 is 5.11 Å². The molecule has 2 N–H and O–H groups in total. The van der Waals surface area contributed by atoms with Gasteiger partial charge in [-0.05, 0) is 44.1 Å². The number of rotatable bonds is 4. The van der Waals surface area contributed by atoms with Gasteiger partial charge in [0.2, 0.25) is 0 Å². The lowest BCUT2D eigenvalue weighted by Gasteiger charge is -2.21. The lowest BCUT2D eigenvalue weighted by atomic mass is 10.2. The average molecular weight is 220 g/mol. The third-order valence-corrected chi connectivity index (χ3v) is 3.08. The van der Waals surface area contributed by atoms with Gasteiger partial charge in [-0.25, -0.2) is 0 Å². The molecule has 1 atom stereocenters. The number of nitrogens with one attached hydrogen (secondary N) is 1. The van der Waals surface area contributed by atoms with Crippen LogP contribution in [-0.2, 0) is 6.54 Å². The van der Waals surface area contributed by atoms with Crippen LogP contribution in [0.5, 0.6) is 5.75 Å². The average Bonchev–Trinajstić information content (AvgIpc) is 2.74. The maximum Gasteiger partial charge on any atom is 0.115 e. The Hall–Kier alpha value is -1.06. The summed E-state index contributed by atoms with van der Waals surface area (Å²) in [5.41, 5.74) is 1.25. The zero-order valence-corrected chi connectivity index (χ0v) is 9.82. The van der Waals surface area contributed by atoms with Gasteiger partial charge in [0.15, 0.2) is 0 Å². The minimum Gasteiger partial charge on any atom is -0.508 e. The summed E-state index contributed by atoms with van der Waals surface area (Å²) >= 11 is 0. The molecule has 1 aromatic rings. The normalized spacial score (nSPS) is 20.5. The zero-order valence-electron chi connectivity index (χ0n) is 9.82. The molecule has 0 saturated carbocycles. The lowest BCUT2D eigenvalue weighted by molar-refractivity contribution is 0.293. The minimum absolute atomic E-state index is 0.337. The number of hydrogen-bond acceptors (Lipinski definition) is 3. The smallest absolute Gasteiger partial charge is 0.115 e. The highest BCUT2D eigenvalue weighted by Gasteiger charge is 2.15. The predicted molar refractivity (Wildman–Crippen MR) is 65.5 cm³/mol. The summed E-state index contributed by atoms with van der Waals surface area (Å²) in [5, 5.41) is 12.7. The highest BCUT2D eigenvalue weighted by atomic mass is 16.3. The molecule has 3 heteroatoms. The Kier molecular flexibility index (Phi) is 3.80. The zero-order chi connectivity index (χ0) is 11.4. The third-order valence-electron chi connectivity index (χ3n) is 3.08. The van der Waals surface area contributed by atoms with Crippen LogP contribution in [0.3, 0.4) is 0 Å². The number of aromatic hydroxyl groups is 1. The first-order valence-electron chi connectivity index (χ1n) is 5.94. The molecule has 0 aromatic heterocycles. The van der Waals surface area contributed by atoms with E-state index in [1.54, 1.807) is 12.1 Å². The van der Waals surface area contributed by atoms with E-state index in [0.717, 1.165) is 19.6 Å². The number of phenols is 1. The molecule has 1 aliphatic heterocycles. The molecule has 3 nitrogen and oxygen atoms in total. The van der Waals surface area contributed by atoms with Crippen LogP contribution in [0.2, 0.25) is 0 Å². The fourth-order valence-corrected chi connectivity index (χ4v) is 2.27. The molecule has 0 radical (unpaired) electrons. The van der Waals surface area contributed by atoms with Crippen molar-refractivity contribution in [2.75, 3.05) is 20.1 Å². The summed E-state index contributed by atoms with van der Waals surface area (Å²) in [6, 6.07) is 8.11. The Bertz CT molecular complexity index is 317. The van der Waals surface area contributed by atoms with Crippen molar-refractivity contribution in [3.63, 3.8) is 0 Å².